The number of rotatable bonds is 5. The predicted molar refractivity (Wildman–Crippen MR) is 126 cm³/mol. The van der Waals surface area contributed by atoms with Crippen LogP contribution in [-0.2, 0) is 0 Å². The van der Waals surface area contributed by atoms with Crippen LogP contribution in [0.1, 0.15) is 16.8 Å². The Morgan fingerprint density at radius 3 is 2.87 bits per heavy atom. The molecule has 1 saturated heterocycles. The van der Waals surface area contributed by atoms with Gasteiger partial charge in [-0.15, -0.1) is 0 Å². The summed E-state index contributed by atoms with van der Waals surface area (Å²) in [6.45, 7) is 3.58. The van der Waals surface area contributed by atoms with Gasteiger partial charge in [-0.1, -0.05) is 29.3 Å². The fourth-order valence-corrected chi connectivity index (χ4v) is 4.11. The fourth-order valence-electron chi connectivity index (χ4n) is 3.76. The number of amides is 1. The number of fused-ring (bicyclic) bond motifs is 1. The lowest BCUT2D eigenvalue weighted by atomic mass is 10.1. The van der Waals surface area contributed by atoms with Gasteiger partial charge in [0.2, 0.25) is 0 Å². The lowest BCUT2D eigenvalue weighted by Gasteiger charge is -2.25. The summed E-state index contributed by atoms with van der Waals surface area (Å²) in [6.07, 6.45) is 2.48. The van der Waals surface area contributed by atoms with Gasteiger partial charge in [-0.2, -0.15) is 0 Å². The second-order valence-corrected chi connectivity index (χ2v) is 8.05. The Kier molecular flexibility index (Phi) is 6.36. The van der Waals surface area contributed by atoms with Crippen molar-refractivity contribution in [1.29, 1.82) is 0 Å². The standard InChI is InChI=1S/C22H23Cl2N5O2/c1-31-19-11-17-13(10-18(19)29-8-3-6-26-7-9-29)21(14(12-27-17)22(25)30)28-16-5-2-4-15(23)20(16)24/h2,4-5,10-12,26H,3,6-9H2,1H3,(H2,25,30)(H,27,28). The number of benzene rings is 2. The number of anilines is 3. The third-order valence-electron chi connectivity index (χ3n) is 5.33. The number of carbonyl (C=O) groups is 1. The second kappa shape index (κ2) is 9.18. The van der Waals surface area contributed by atoms with Crippen LogP contribution in [0.2, 0.25) is 10.0 Å². The van der Waals surface area contributed by atoms with E-state index in [4.69, 9.17) is 33.7 Å². The van der Waals surface area contributed by atoms with E-state index in [1.807, 2.05) is 12.1 Å². The predicted octanol–water partition coefficient (Wildman–Crippen LogP) is 4.19. The summed E-state index contributed by atoms with van der Waals surface area (Å²) in [5.74, 6) is 0.131. The van der Waals surface area contributed by atoms with Crippen molar-refractivity contribution in [2.24, 2.45) is 5.73 Å². The molecule has 0 spiro atoms. The molecule has 1 aromatic heterocycles. The average Bonchev–Trinajstić information content (AvgIpc) is 3.05. The number of hydrogen-bond donors (Lipinski definition) is 3. The van der Waals surface area contributed by atoms with Crippen molar-refractivity contribution in [3.8, 4) is 5.75 Å². The normalized spacial score (nSPS) is 14.4. The molecule has 0 unspecified atom stereocenters. The first-order valence-corrected chi connectivity index (χ1v) is 10.7. The van der Waals surface area contributed by atoms with Gasteiger partial charge < -0.3 is 26.0 Å². The number of methoxy groups -OCH3 is 1. The zero-order valence-corrected chi connectivity index (χ0v) is 18.6. The van der Waals surface area contributed by atoms with Gasteiger partial charge in [-0.25, -0.2) is 0 Å². The largest absolute Gasteiger partial charge is 0.495 e. The lowest BCUT2D eigenvalue weighted by Crippen LogP contribution is -2.28. The summed E-state index contributed by atoms with van der Waals surface area (Å²) < 4.78 is 5.67. The highest BCUT2D eigenvalue weighted by atomic mass is 35.5. The maximum Gasteiger partial charge on any atom is 0.252 e. The Morgan fingerprint density at radius 1 is 1.26 bits per heavy atom. The number of nitrogens with one attached hydrogen (secondary N) is 2. The molecule has 0 atom stereocenters. The second-order valence-electron chi connectivity index (χ2n) is 7.27. The third-order valence-corrected chi connectivity index (χ3v) is 6.14. The number of primary amides is 1. The highest BCUT2D eigenvalue weighted by Crippen LogP contribution is 2.39. The van der Waals surface area contributed by atoms with Gasteiger partial charge in [0.25, 0.3) is 5.91 Å². The summed E-state index contributed by atoms with van der Waals surface area (Å²) in [7, 11) is 1.64. The maximum absolute atomic E-state index is 12.2. The van der Waals surface area contributed by atoms with Crippen LogP contribution in [-0.4, -0.2) is 44.2 Å². The van der Waals surface area contributed by atoms with Crippen LogP contribution in [0.3, 0.4) is 0 Å². The van der Waals surface area contributed by atoms with Gasteiger partial charge >= 0.3 is 0 Å². The van der Waals surface area contributed by atoms with E-state index in [9.17, 15) is 4.79 Å². The number of aromatic nitrogens is 1. The molecule has 0 radical (unpaired) electrons. The molecule has 2 aromatic carbocycles. The monoisotopic (exact) mass is 459 g/mol. The first kappa shape index (κ1) is 21.5. The van der Waals surface area contributed by atoms with E-state index >= 15 is 0 Å². The van der Waals surface area contributed by atoms with E-state index in [0.717, 1.165) is 49.4 Å². The molecule has 1 fully saturated rings. The van der Waals surface area contributed by atoms with Crippen LogP contribution in [0, 0.1) is 0 Å². The van der Waals surface area contributed by atoms with E-state index in [1.54, 1.807) is 25.3 Å². The molecule has 3 aromatic rings. The van der Waals surface area contributed by atoms with E-state index < -0.39 is 5.91 Å². The van der Waals surface area contributed by atoms with E-state index in [1.165, 1.54) is 6.20 Å². The van der Waals surface area contributed by atoms with Crippen molar-refractivity contribution >= 4 is 57.1 Å². The van der Waals surface area contributed by atoms with Crippen molar-refractivity contribution in [1.82, 2.24) is 10.3 Å². The Balaban J connectivity index is 1.91. The molecular formula is C22H23Cl2N5O2. The van der Waals surface area contributed by atoms with Crippen LogP contribution < -0.4 is 26.0 Å². The summed E-state index contributed by atoms with van der Waals surface area (Å²) in [5.41, 5.74) is 8.62. The average molecular weight is 460 g/mol. The number of nitrogens with two attached hydrogens (primary N) is 1. The summed E-state index contributed by atoms with van der Waals surface area (Å²) in [4.78, 5) is 18.9. The minimum Gasteiger partial charge on any atom is -0.495 e. The Bertz CT molecular complexity index is 1130. The minimum absolute atomic E-state index is 0.261. The number of pyridine rings is 1. The molecule has 162 valence electrons. The molecular weight excluding hydrogens is 437 g/mol. The molecule has 31 heavy (non-hydrogen) atoms. The first-order chi connectivity index (χ1) is 15.0. The third kappa shape index (κ3) is 4.35. The van der Waals surface area contributed by atoms with Crippen LogP contribution in [0.25, 0.3) is 10.9 Å². The number of ether oxygens (including phenoxy) is 1. The van der Waals surface area contributed by atoms with Crippen LogP contribution >= 0.6 is 23.2 Å². The Morgan fingerprint density at radius 2 is 2.10 bits per heavy atom. The minimum atomic E-state index is -0.591. The van der Waals surface area contributed by atoms with E-state index in [-0.39, 0.29) is 5.56 Å². The molecule has 9 heteroatoms. The molecule has 4 N–H and O–H groups in total. The Hall–Kier alpha value is -2.74. The van der Waals surface area contributed by atoms with Crippen molar-refractivity contribution in [2.45, 2.75) is 6.42 Å². The topological polar surface area (TPSA) is 92.5 Å². The highest BCUT2D eigenvalue weighted by molar-refractivity contribution is 6.43. The molecule has 1 aliphatic rings. The number of hydrogen-bond acceptors (Lipinski definition) is 6. The van der Waals surface area contributed by atoms with Gasteiger partial charge in [0.1, 0.15) is 5.75 Å². The van der Waals surface area contributed by atoms with Crippen molar-refractivity contribution in [3.05, 3.63) is 52.1 Å². The first-order valence-electron chi connectivity index (χ1n) is 9.97. The smallest absolute Gasteiger partial charge is 0.252 e. The van der Waals surface area contributed by atoms with Gasteiger partial charge in [0.15, 0.2) is 0 Å². The zero-order chi connectivity index (χ0) is 22.0. The van der Waals surface area contributed by atoms with Gasteiger partial charge in [-0.05, 0) is 31.2 Å². The molecule has 1 amide bonds. The van der Waals surface area contributed by atoms with E-state index in [0.29, 0.717) is 26.9 Å². The number of nitrogens with zero attached hydrogens (tertiary/aromatic N) is 2. The van der Waals surface area contributed by atoms with Gasteiger partial charge in [0.05, 0.1) is 45.3 Å². The summed E-state index contributed by atoms with van der Waals surface area (Å²) in [5, 5.41) is 8.16. The molecule has 2 heterocycles. The maximum atomic E-state index is 12.2. The Labute approximate surface area is 190 Å². The van der Waals surface area contributed by atoms with Crippen molar-refractivity contribution in [2.75, 3.05) is 43.5 Å². The fraction of sp³-hybridized carbons (Fsp3) is 0.273. The quantitative estimate of drug-likeness (QED) is 0.529. The summed E-state index contributed by atoms with van der Waals surface area (Å²) >= 11 is 12.6. The molecule has 4 rings (SSSR count). The van der Waals surface area contributed by atoms with Crippen LogP contribution in [0.5, 0.6) is 5.75 Å². The molecule has 1 aliphatic heterocycles. The van der Waals surface area contributed by atoms with Crippen molar-refractivity contribution < 1.29 is 9.53 Å². The highest BCUT2D eigenvalue weighted by Gasteiger charge is 2.20. The van der Waals surface area contributed by atoms with Crippen molar-refractivity contribution in [3.63, 3.8) is 0 Å². The zero-order valence-electron chi connectivity index (χ0n) is 17.0. The van der Waals surface area contributed by atoms with E-state index in [2.05, 4.69) is 20.5 Å². The van der Waals surface area contributed by atoms with Gasteiger partial charge in [0, 0.05) is 37.3 Å². The molecule has 7 nitrogen and oxygen atoms in total. The van der Waals surface area contributed by atoms with Gasteiger partial charge in [-0.3, -0.25) is 9.78 Å². The number of carbonyl (C=O) groups excluding carboxylic acids is 1. The molecule has 0 saturated carbocycles. The number of halogens is 2. The molecule has 0 aliphatic carbocycles. The summed E-state index contributed by atoms with van der Waals surface area (Å²) in [6, 6.07) is 9.13. The van der Waals surface area contributed by atoms with Crippen LogP contribution in [0.4, 0.5) is 17.1 Å². The van der Waals surface area contributed by atoms with Crippen LogP contribution in [0.15, 0.2) is 36.5 Å². The molecule has 0 bridgehead atoms. The lowest BCUT2D eigenvalue weighted by molar-refractivity contribution is 0.100. The SMILES string of the molecule is COc1cc2ncc(C(N)=O)c(Nc3cccc(Cl)c3Cl)c2cc1N1CCCNCC1.